The largest absolute Gasteiger partial charge is 0.478 e. The smallest absolute Gasteiger partial charge is 0.340 e. The normalized spacial score (nSPS) is 11.6. The Kier molecular flexibility index (Phi) is 1.92. The van der Waals surface area contributed by atoms with E-state index in [1.54, 1.807) is 0 Å². The van der Waals surface area contributed by atoms with Crippen LogP contribution in [0.3, 0.4) is 0 Å². The highest BCUT2D eigenvalue weighted by molar-refractivity contribution is 5.88. The minimum atomic E-state index is -0.999. The van der Waals surface area contributed by atoms with Crippen molar-refractivity contribution in [2.45, 2.75) is 26.2 Å². The summed E-state index contributed by atoms with van der Waals surface area (Å²) in [6.45, 7) is 5.62. The number of aromatic nitrogens is 1. The summed E-state index contributed by atoms with van der Waals surface area (Å²) in [5.74, 6) is -0.587. The summed E-state index contributed by atoms with van der Waals surface area (Å²) in [5, 5.41) is 12.2. The monoisotopic (exact) mass is 169 g/mol. The van der Waals surface area contributed by atoms with Gasteiger partial charge in [0.25, 0.3) is 0 Å². The predicted octanol–water partition coefficient (Wildman–Crippen LogP) is 1.67. The van der Waals surface area contributed by atoms with Gasteiger partial charge in [-0.25, -0.2) is 4.79 Å². The van der Waals surface area contributed by atoms with Crippen molar-refractivity contribution >= 4 is 5.97 Å². The van der Waals surface area contributed by atoms with Crippen LogP contribution in [0, 0.1) is 0 Å². The molecule has 4 nitrogen and oxygen atoms in total. The predicted molar refractivity (Wildman–Crippen MR) is 42.2 cm³/mol. The Morgan fingerprint density at radius 1 is 1.58 bits per heavy atom. The van der Waals surface area contributed by atoms with Gasteiger partial charge in [-0.3, -0.25) is 0 Å². The molecule has 0 bridgehead atoms. The van der Waals surface area contributed by atoms with E-state index >= 15 is 0 Å². The van der Waals surface area contributed by atoms with Crippen LogP contribution in [0.1, 0.15) is 36.9 Å². The van der Waals surface area contributed by atoms with Gasteiger partial charge >= 0.3 is 5.97 Å². The second kappa shape index (κ2) is 2.62. The highest BCUT2D eigenvalue weighted by Gasteiger charge is 2.26. The molecule has 1 N–H and O–H groups in total. The number of carboxylic acids is 1. The quantitative estimate of drug-likeness (QED) is 0.694. The third kappa shape index (κ3) is 1.47. The molecule has 0 aromatic carbocycles. The van der Waals surface area contributed by atoms with Gasteiger partial charge < -0.3 is 9.63 Å². The molecule has 12 heavy (non-hydrogen) atoms. The van der Waals surface area contributed by atoms with Gasteiger partial charge in [0.2, 0.25) is 0 Å². The van der Waals surface area contributed by atoms with Crippen molar-refractivity contribution in [1.82, 2.24) is 5.16 Å². The van der Waals surface area contributed by atoms with Gasteiger partial charge in [0.1, 0.15) is 5.56 Å². The van der Waals surface area contributed by atoms with E-state index in [1.807, 2.05) is 20.8 Å². The van der Waals surface area contributed by atoms with E-state index in [0.29, 0.717) is 5.76 Å². The summed E-state index contributed by atoms with van der Waals surface area (Å²) < 4.78 is 4.86. The molecule has 0 aliphatic rings. The molecule has 0 spiro atoms. The fourth-order valence-corrected chi connectivity index (χ4v) is 0.933. The minimum Gasteiger partial charge on any atom is -0.478 e. The van der Waals surface area contributed by atoms with Crippen LogP contribution in [-0.2, 0) is 5.41 Å². The molecule has 0 saturated carbocycles. The molecule has 0 unspecified atom stereocenters. The number of rotatable bonds is 1. The molecular formula is C8H11NO3. The standard InChI is InChI=1S/C8H11NO3/c1-8(2,3)6-5(7(10)11)4-9-12-6/h4H,1-3H3,(H,10,11). The molecule has 0 amide bonds. The SMILES string of the molecule is CC(C)(C)c1oncc1C(=O)O. The van der Waals surface area contributed by atoms with Crippen molar-refractivity contribution in [3.05, 3.63) is 17.5 Å². The van der Waals surface area contributed by atoms with Crippen LogP contribution in [0.25, 0.3) is 0 Å². The molecule has 1 rings (SSSR count). The molecule has 66 valence electrons. The number of hydrogen-bond donors (Lipinski definition) is 1. The molecule has 0 radical (unpaired) electrons. The maximum Gasteiger partial charge on any atom is 0.340 e. The molecule has 1 heterocycles. The molecule has 0 fully saturated rings. The highest BCUT2D eigenvalue weighted by Crippen LogP contribution is 2.25. The molecule has 1 aromatic rings. The summed E-state index contributed by atoms with van der Waals surface area (Å²) in [6, 6.07) is 0. The van der Waals surface area contributed by atoms with Crippen LogP contribution in [-0.4, -0.2) is 16.2 Å². The molecule has 0 atom stereocenters. The first-order chi connectivity index (χ1) is 5.43. The zero-order valence-corrected chi connectivity index (χ0v) is 7.29. The molecule has 0 saturated heterocycles. The molecule has 1 aromatic heterocycles. The maximum atomic E-state index is 10.6. The first-order valence-electron chi connectivity index (χ1n) is 3.61. The fraction of sp³-hybridized carbons (Fsp3) is 0.500. The van der Waals surface area contributed by atoms with Crippen LogP contribution in [0.5, 0.6) is 0 Å². The molecule has 0 aliphatic heterocycles. The van der Waals surface area contributed by atoms with E-state index in [-0.39, 0.29) is 11.0 Å². The average molecular weight is 169 g/mol. The fourth-order valence-electron chi connectivity index (χ4n) is 0.933. The Morgan fingerprint density at radius 2 is 2.17 bits per heavy atom. The second-order valence-corrected chi connectivity index (χ2v) is 3.62. The van der Waals surface area contributed by atoms with E-state index in [9.17, 15) is 4.79 Å². The molecule has 4 heteroatoms. The number of carboxylic acid groups (broad SMARTS) is 1. The Bertz CT molecular complexity index is 295. The second-order valence-electron chi connectivity index (χ2n) is 3.62. The van der Waals surface area contributed by atoms with Crippen LogP contribution in [0.15, 0.2) is 10.7 Å². The number of aromatic carboxylic acids is 1. The topological polar surface area (TPSA) is 63.3 Å². The van der Waals surface area contributed by atoms with Crippen LogP contribution in [0.4, 0.5) is 0 Å². The summed E-state index contributed by atoms with van der Waals surface area (Å²) in [7, 11) is 0. The Labute approximate surface area is 70.2 Å². The summed E-state index contributed by atoms with van der Waals surface area (Å²) >= 11 is 0. The first kappa shape index (κ1) is 8.77. The number of nitrogens with zero attached hydrogens (tertiary/aromatic N) is 1. The minimum absolute atomic E-state index is 0.141. The van der Waals surface area contributed by atoms with Crippen molar-refractivity contribution in [3.8, 4) is 0 Å². The molecular weight excluding hydrogens is 158 g/mol. The van der Waals surface area contributed by atoms with E-state index in [4.69, 9.17) is 9.63 Å². The number of carbonyl (C=O) groups is 1. The summed E-state index contributed by atoms with van der Waals surface area (Å²) in [5.41, 5.74) is -0.174. The van der Waals surface area contributed by atoms with Crippen molar-refractivity contribution in [3.63, 3.8) is 0 Å². The highest BCUT2D eigenvalue weighted by atomic mass is 16.5. The Morgan fingerprint density at radius 3 is 2.50 bits per heavy atom. The van der Waals surface area contributed by atoms with Gasteiger partial charge in [0, 0.05) is 5.41 Å². The summed E-state index contributed by atoms with van der Waals surface area (Å²) in [4.78, 5) is 10.6. The lowest BCUT2D eigenvalue weighted by Crippen LogP contribution is -2.14. The lowest BCUT2D eigenvalue weighted by molar-refractivity contribution is 0.0692. The van der Waals surface area contributed by atoms with Crippen LogP contribution >= 0.6 is 0 Å². The average Bonchev–Trinajstić information content (AvgIpc) is 2.30. The molecule has 0 aliphatic carbocycles. The zero-order chi connectivity index (χ0) is 9.35. The van der Waals surface area contributed by atoms with E-state index < -0.39 is 5.97 Å². The van der Waals surface area contributed by atoms with E-state index in [2.05, 4.69) is 5.16 Å². The lowest BCUT2D eigenvalue weighted by atomic mass is 9.91. The Balaban J connectivity index is 3.17. The zero-order valence-electron chi connectivity index (χ0n) is 7.29. The van der Waals surface area contributed by atoms with Crippen molar-refractivity contribution in [1.29, 1.82) is 0 Å². The number of hydrogen-bond acceptors (Lipinski definition) is 3. The van der Waals surface area contributed by atoms with Gasteiger partial charge in [-0.2, -0.15) is 0 Å². The van der Waals surface area contributed by atoms with Gasteiger partial charge in [-0.1, -0.05) is 25.9 Å². The first-order valence-corrected chi connectivity index (χ1v) is 3.61. The van der Waals surface area contributed by atoms with Crippen molar-refractivity contribution in [2.24, 2.45) is 0 Å². The third-order valence-corrected chi connectivity index (χ3v) is 1.48. The van der Waals surface area contributed by atoms with Crippen LogP contribution < -0.4 is 0 Å². The van der Waals surface area contributed by atoms with Gasteiger partial charge in [-0.15, -0.1) is 0 Å². The third-order valence-electron chi connectivity index (χ3n) is 1.48. The summed E-state index contributed by atoms with van der Waals surface area (Å²) in [6.07, 6.45) is 1.23. The Hall–Kier alpha value is -1.32. The van der Waals surface area contributed by atoms with E-state index in [0.717, 1.165) is 0 Å². The van der Waals surface area contributed by atoms with Gasteiger partial charge in [-0.05, 0) is 0 Å². The van der Waals surface area contributed by atoms with Crippen molar-refractivity contribution in [2.75, 3.05) is 0 Å². The van der Waals surface area contributed by atoms with Crippen molar-refractivity contribution < 1.29 is 14.4 Å². The van der Waals surface area contributed by atoms with Gasteiger partial charge in [0.05, 0.1) is 6.20 Å². The maximum absolute atomic E-state index is 10.6. The van der Waals surface area contributed by atoms with E-state index in [1.165, 1.54) is 6.20 Å². The van der Waals surface area contributed by atoms with Gasteiger partial charge in [0.15, 0.2) is 5.76 Å². The lowest BCUT2D eigenvalue weighted by Gasteiger charge is -2.13. The van der Waals surface area contributed by atoms with Crippen LogP contribution in [0.2, 0.25) is 0 Å².